The van der Waals surface area contributed by atoms with Crippen molar-refractivity contribution in [1.82, 2.24) is 20.2 Å². The number of benzene rings is 1. The molecule has 0 bridgehead atoms. The Kier molecular flexibility index (Phi) is 3.32. The second-order valence-electron chi connectivity index (χ2n) is 5.40. The van der Waals surface area contributed by atoms with Crippen molar-refractivity contribution in [3.8, 4) is 0 Å². The summed E-state index contributed by atoms with van der Waals surface area (Å²) < 4.78 is 7.02. The monoisotopic (exact) mass is 287 g/mol. The third kappa shape index (κ3) is 2.46. The number of nitrogens with zero attached hydrogens (tertiary/aromatic N) is 4. The van der Waals surface area contributed by atoms with Gasteiger partial charge in [-0.3, -0.25) is 0 Å². The first kappa shape index (κ1) is 13.5. The lowest BCUT2D eigenvalue weighted by Gasteiger charge is -2.33. The van der Waals surface area contributed by atoms with Crippen molar-refractivity contribution < 1.29 is 9.53 Å². The van der Waals surface area contributed by atoms with E-state index in [0.717, 1.165) is 24.0 Å². The number of hydrogen-bond donors (Lipinski definition) is 1. The number of rotatable bonds is 2. The number of fused-ring (bicyclic) bond motifs is 1. The van der Waals surface area contributed by atoms with E-state index in [1.54, 1.807) is 4.68 Å². The predicted molar refractivity (Wildman–Crippen MR) is 74.5 cm³/mol. The molecule has 2 aromatic rings. The minimum Gasteiger partial charge on any atom is -0.439 e. The van der Waals surface area contributed by atoms with Gasteiger partial charge in [-0.15, -0.1) is 5.10 Å². The van der Waals surface area contributed by atoms with E-state index in [4.69, 9.17) is 10.5 Å². The number of ether oxygens (including phenoxy) is 1. The van der Waals surface area contributed by atoms with Gasteiger partial charge in [-0.2, -0.15) is 0 Å². The van der Waals surface area contributed by atoms with Crippen LogP contribution >= 0.6 is 0 Å². The zero-order valence-corrected chi connectivity index (χ0v) is 12.0. The average Bonchev–Trinajstić information content (AvgIpc) is 2.92. The van der Waals surface area contributed by atoms with Gasteiger partial charge in [-0.1, -0.05) is 17.7 Å². The van der Waals surface area contributed by atoms with Crippen molar-refractivity contribution in [2.24, 2.45) is 5.73 Å². The lowest BCUT2D eigenvalue weighted by atomic mass is 9.82. The predicted octanol–water partition coefficient (Wildman–Crippen LogP) is 1.61. The van der Waals surface area contributed by atoms with Crippen LogP contribution < -0.4 is 5.73 Å². The molecule has 21 heavy (non-hydrogen) atoms. The van der Waals surface area contributed by atoms with Gasteiger partial charge in [0.25, 0.3) is 0 Å². The van der Waals surface area contributed by atoms with Gasteiger partial charge in [0, 0.05) is 0 Å². The Morgan fingerprint density at radius 1 is 1.43 bits per heavy atom. The maximum atomic E-state index is 11.3. The fourth-order valence-electron chi connectivity index (χ4n) is 3.14. The summed E-state index contributed by atoms with van der Waals surface area (Å²) in [6.07, 6.45) is 1.97. The number of hydrogen-bond acceptors (Lipinski definition) is 5. The number of carbonyl (C=O) groups excluding carboxylic acids is 1. The Morgan fingerprint density at radius 3 is 2.90 bits per heavy atom. The van der Waals surface area contributed by atoms with Gasteiger partial charge in [0.05, 0.1) is 6.04 Å². The molecule has 2 N–H and O–H groups in total. The Hall–Kier alpha value is -2.44. The number of nitrogens with two attached hydrogens (primary N) is 1. The van der Waals surface area contributed by atoms with Crippen LogP contribution in [0, 0.1) is 13.8 Å². The summed E-state index contributed by atoms with van der Waals surface area (Å²) in [6.45, 7) is 4.10. The second-order valence-corrected chi connectivity index (χ2v) is 5.40. The van der Waals surface area contributed by atoms with Gasteiger partial charge < -0.3 is 10.5 Å². The molecule has 7 nitrogen and oxygen atoms in total. The van der Waals surface area contributed by atoms with Crippen LogP contribution in [0.15, 0.2) is 18.5 Å². The first-order valence-corrected chi connectivity index (χ1v) is 6.85. The highest BCUT2D eigenvalue weighted by molar-refractivity contribution is 5.65. The maximum absolute atomic E-state index is 11.3. The smallest absolute Gasteiger partial charge is 0.405 e. The molecule has 0 saturated heterocycles. The summed E-state index contributed by atoms with van der Waals surface area (Å²) >= 11 is 0. The van der Waals surface area contributed by atoms with Gasteiger partial charge in [-0.25, -0.2) is 9.48 Å². The highest BCUT2D eigenvalue weighted by atomic mass is 16.6. The van der Waals surface area contributed by atoms with E-state index in [-0.39, 0.29) is 6.04 Å². The summed E-state index contributed by atoms with van der Waals surface area (Å²) in [6, 6.07) is 4.05. The standard InChI is InChI=1S/C14H17N5O2/c1-8-5-9(2)10-3-4-12(19-7-16-17-18-19)13(11(10)6-8)21-14(15)20/h5-7,12-13H,3-4H2,1-2H3,(H2,15,20). The van der Waals surface area contributed by atoms with E-state index in [1.165, 1.54) is 17.5 Å². The summed E-state index contributed by atoms with van der Waals surface area (Å²) in [4.78, 5) is 11.3. The van der Waals surface area contributed by atoms with Gasteiger partial charge in [0.2, 0.25) is 0 Å². The Bertz CT molecular complexity index is 668. The molecule has 0 spiro atoms. The van der Waals surface area contributed by atoms with Crippen molar-refractivity contribution in [2.45, 2.75) is 38.8 Å². The summed E-state index contributed by atoms with van der Waals surface area (Å²) in [7, 11) is 0. The van der Waals surface area contributed by atoms with Gasteiger partial charge >= 0.3 is 6.09 Å². The van der Waals surface area contributed by atoms with Crippen molar-refractivity contribution >= 4 is 6.09 Å². The quantitative estimate of drug-likeness (QED) is 0.905. The summed E-state index contributed by atoms with van der Waals surface area (Å²) in [5.41, 5.74) is 9.80. The van der Waals surface area contributed by atoms with Gasteiger partial charge in [0.15, 0.2) is 6.10 Å². The molecule has 1 aliphatic carbocycles. The molecule has 1 heterocycles. The lowest BCUT2D eigenvalue weighted by Crippen LogP contribution is -2.30. The zero-order valence-electron chi connectivity index (χ0n) is 12.0. The topological polar surface area (TPSA) is 95.9 Å². The third-order valence-corrected chi connectivity index (χ3v) is 3.95. The molecule has 1 aliphatic rings. The van der Waals surface area contributed by atoms with Crippen LogP contribution in [-0.4, -0.2) is 26.3 Å². The maximum Gasteiger partial charge on any atom is 0.405 e. The SMILES string of the molecule is Cc1cc(C)c2c(c1)C(OC(N)=O)C(n1cnnn1)CC2. The Morgan fingerprint density at radius 2 is 2.24 bits per heavy atom. The van der Waals surface area contributed by atoms with Crippen LogP contribution in [0.4, 0.5) is 4.79 Å². The van der Waals surface area contributed by atoms with Crippen molar-refractivity contribution in [3.63, 3.8) is 0 Å². The first-order valence-electron chi connectivity index (χ1n) is 6.85. The minimum absolute atomic E-state index is 0.138. The minimum atomic E-state index is -0.787. The first-order chi connectivity index (χ1) is 10.1. The largest absolute Gasteiger partial charge is 0.439 e. The number of amides is 1. The third-order valence-electron chi connectivity index (χ3n) is 3.95. The van der Waals surface area contributed by atoms with Crippen LogP contribution in [0.3, 0.4) is 0 Å². The molecule has 2 unspecified atom stereocenters. The highest BCUT2D eigenvalue weighted by Crippen LogP contribution is 2.41. The van der Waals surface area contributed by atoms with E-state index >= 15 is 0 Å². The zero-order chi connectivity index (χ0) is 15.0. The number of carbonyl (C=O) groups is 1. The number of tetrazole rings is 1. The molecule has 0 radical (unpaired) electrons. The van der Waals surface area contributed by atoms with Crippen LogP contribution in [0.5, 0.6) is 0 Å². The molecule has 0 saturated carbocycles. The van der Waals surface area contributed by atoms with Crippen molar-refractivity contribution in [1.29, 1.82) is 0 Å². The van der Waals surface area contributed by atoms with Crippen LogP contribution in [0.1, 0.15) is 40.8 Å². The molecule has 1 aromatic heterocycles. The fourth-order valence-corrected chi connectivity index (χ4v) is 3.14. The molecule has 3 rings (SSSR count). The molecule has 0 fully saturated rings. The molecule has 7 heteroatoms. The lowest BCUT2D eigenvalue weighted by molar-refractivity contribution is 0.0574. The number of aromatic nitrogens is 4. The molecular formula is C14H17N5O2. The molecule has 2 atom stereocenters. The van der Waals surface area contributed by atoms with Gasteiger partial charge in [-0.05, 0) is 53.8 Å². The fraction of sp³-hybridized carbons (Fsp3) is 0.429. The summed E-state index contributed by atoms with van der Waals surface area (Å²) in [5, 5.41) is 11.3. The van der Waals surface area contributed by atoms with E-state index < -0.39 is 12.2 Å². The van der Waals surface area contributed by atoms with Crippen LogP contribution in [-0.2, 0) is 11.2 Å². The van der Waals surface area contributed by atoms with Crippen LogP contribution in [0.2, 0.25) is 0 Å². The number of primary amides is 1. The van der Waals surface area contributed by atoms with Crippen LogP contribution in [0.25, 0.3) is 0 Å². The molecule has 110 valence electrons. The van der Waals surface area contributed by atoms with Crippen molar-refractivity contribution in [3.05, 3.63) is 40.7 Å². The van der Waals surface area contributed by atoms with E-state index in [0.29, 0.717) is 0 Å². The average molecular weight is 287 g/mol. The summed E-state index contributed by atoms with van der Waals surface area (Å²) in [5.74, 6) is 0. The molecule has 1 amide bonds. The highest BCUT2D eigenvalue weighted by Gasteiger charge is 2.35. The Labute approximate surface area is 122 Å². The number of aryl methyl sites for hydroxylation is 2. The molecular weight excluding hydrogens is 270 g/mol. The second kappa shape index (κ2) is 5.16. The van der Waals surface area contributed by atoms with E-state index in [2.05, 4.69) is 28.5 Å². The van der Waals surface area contributed by atoms with Gasteiger partial charge in [0.1, 0.15) is 6.33 Å². The molecule has 0 aliphatic heterocycles. The molecule has 1 aromatic carbocycles. The van der Waals surface area contributed by atoms with Crippen molar-refractivity contribution in [2.75, 3.05) is 0 Å². The van der Waals surface area contributed by atoms with E-state index in [1.807, 2.05) is 13.0 Å². The van der Waals surface area contributed by atoms with E-state index in [9.17, 15) is 4.79 Å². The normalized spacial score (nSPS) is 20.9. The Balaban J connectivity index is 2.08.